The van der Waals surface area contributed by atoms with Gasteiger partial charge in [0.2, 0.25) is 0 Å². The molecule has 1 aromatic rings. The van der Waals surface area contributed by atoms with E-state index in [2.05, 4.69) is 11.9 Å². The molecule has 1 rings (SSSR count). The molecule has 1 aromatic carbocycles. The monoisotopic (exact) mass is 311 g/mol. The van der Waals surface area contributed by atoms with Gasteiger partial charge in [0.25, 0.3) is 0 Å². The Hall–Kier alpha value is -1.52. The molecule has 0 amide bonds. The second kappa shape index (κ2) is 8.05. The molecule has 0 aliphatic rings. The maximum Gasteiger partial charge on any atom is 0.349 e. The summed E-state index contributed by atoms with van der Waals surface area (Å²) in [6.07, 6.45) is 1.79. The van der Waals surface area contributed by atoms with Gasteiger partial charge in [-0.05, 0) is 38.5 Å². The number of esters is 1. The van der Waals surface area contributed by atoms with E-state index in [1.165, 1.54) is 0 Å². The topological polar surface area (TPSA) is 47.6 Å². The molecule has 0 radical (unpaired) electrons. The fourth-order valence-corrected chi connectivity index (χ4v) is 1.92. The largest absolute Gasteiger partial charge is 0.475 e. The molecule has 0 saturated carbocycles. The fraction of sp³-hybridized carbons (Fsp3) is 0.438. The molecule has 4 nitrogen and oxygen atoms in total. The van der Waals surface area contributed by atoms with Crippen LogP contribution < -0.4 is 10.1 Å². The molecule has 0 aliphatic heterocycles. The van der Waals surface area contributed by atoms with Gasteiger partial charge in [0, 0.05) is 13.1 Å². The minimum atomic E-state index is -1.08. The number of carbonyl (C=O) groups excluding carboxylic acids is 1. The highest BCUT2D eigenvalue weighted by Crippen LogP contribution is 2.29. The normalized spacial score (nSPS) is 11.0. The molecule has 21 heavy (non-hydrogen) atoms. The second-order valence-electron chi connectivity index (χ2n) is 5.02. The van der Waals surface area contributed by atoms with Crippen molar-refractivity contribution >= 4 is 17.6 Å². The number of hydrogen-bond donors (Lipinski definition) is 1. The van der Waals surface area contributed by atoms with Crippen LogP contribution in [0.1, 0.15) is 26.3 Å². The van der Waals surface area contributed by atoms with E-state index in [0.717, 1.165) is 12.1 Å². The highest BCUT2D eigenvalue weighted by molar-refractivity contribution is 6.32. The smallest absolute Gasteiger partial charge is 0.349 e. The van der Waals surface area contributed by atoms with Gasteiger partial charge in [-0.15, -0.1) is 6.58 Å². The molecule has 0 saturated heterocycles. The minimum absolute atomic E-state index is 0.313. The first kappa shape index (κ1) is 17.5. The van der Waals surface area contributed by atoms with Crippen LogP contribution in [0.15, 0.2) is 30.9 Å². The molecule has 116 valence electrons. The standard InChI is InChI=1S/C16H22ClNO3/c1-5-9-18-11-12-7-8-14(13(17)10-12)21-16(3,4)15(19)20-6-2/h5,7-8,10,18H,1,6,9,11H2,2-4H3. The van der Waals surface area contributed by atoms with Gasteiger partial charge in [-0.25, -0.2) is 4.79 Å². The van der Waals surface area contributed by atoms with E-state index in [-0.39, 0.29) is 0 Å². The zero-order valence-corrected chi connectivity index (χ0v) is 13.5. The molecule has 0 aromatic heterocycles. The lowest BCUT2D eigenvalue weighted by Crippen LogP contribution is -2.39. The SMILES string of the molecule is C=CCNCc1ccc(OC(C)(C)C(=O)OCC)c(Cl)c1. The maximum absolute atomic E-state index is 11.8. The average molecular weight is 312 g/mol. The van der Waals surface area contributed by atoms with E-state index in [4.69, 9.17) is 21.1 Å². The lowest BCUT2D eigenvalue weighted by Gasteiger charge is -2.24. The van der Waals surface area contributed by atoms with Crippen LogP contribution in [0.4, 0.5) is 0 Å². The van der Waals surface area contributed by atoms with Gasteiger partial charge >= 0.3 is 5.97 Å². The molecule has 0 spiro atoms. The van der Waals surface area contributed by atoms with Crippen molar-refractivity contribution < 1.29 is 14.3 Å². The van der Waals surface area contributed by atoms with E-state index in [0.29, 0.717) is 23.9 Å². The Balaban J connectivity index is 2.76. The fourth-order valence-electron chi connectivity index (χ4n) is 1.68. The van der Waals surface area contributed by atoms with Crippen molar-refractivity contribution in [3.8, 4) is 5.75 Å². The Morgan fingerprint density at radius 1 is 1.48 bits per heavy atom. The van der Waals surface area contributed by atoms with Gasteiger partial charge in [0.15, 0.2) is 5.60 Å². The van der Waals surface area contributed by atoms with Crippen LogP contribution in [0.2, 0.25) is 5.02 Å². The number of hydrogen-bond acceptors (Lipinski definition) is 4. The number of rotatable bonds is 8. The molecular formula is C16H22ClNO3. The molecular weight excluding hydrogens is 290 g/mol. The number of nitrogens with one attached hydrogen (secondary N) is 1. The first-order chi connectivity index (χ1) is 9.90. The summed E-state index contributed by atoms with van der Waals surface area (Å²) in [5, 5.41) is 3.65. The summed E-state index contributed by atoms with van der Waals surface area (Å²) in [7, 11) is 0. The van der Waals surface area contributed by atoms with Crippen LogP contribution in [0.5, 0.6) is 5.75 Å². The quantitative estimate of drug-likeness (QED) is 0.454. The third-order valence-corrected chi connectivity index (χ3v) is 3.04. The third kappa shape index (κ3) is 5.40. The van der Waals surface area contributed by atoms with Crippen LogP contribution >= 0.6 is 11.6 Å². The third-order valence-electron chi connectivity index (χ3n) is 2.75. The lowest BCUT2D eigenvalue weighted by atomic mass is 10.1. The van der Waals surface area contributed by atoms with Crippen LogP contribution in [-0.2, 0) is 16.1 Å². The van der Waals surface area contributed by atoms with Gasteiger partial charge in [-0.3, -0.25) is 0 Å². The van der Waals surface area contributed by atoms with Gasteiger partial charge in [-0.2, -0.15) is 0 Å². The molecule has 0 unspecified atom stereocenters. The first-order valence-corrected chi connectivity index (χ1v) is 7.24. The van der Waals surface area contributed by atoms with E-state index >= 15 is 0 Å². The average Bonchev–Trinajstić information content (AvgIpc) is 2.42. The number of carbonyl (C=O) groups is 1. The van der Waals surface area contributed by atoms with Gasteiger partial charge in [0.1, 0.15) is 5.75 Å². The number of halogens is 1. The van der Waals surface area contributed by atoms with Crippen LogP contribution in [0.3, 0.4) is 0 Å². The van der Waals surface area contributed by atoms with Crippen molar-refractivity contribution in [3.63, 3.8) is 0 Å². The summed E-state index contributed by atoms with van der Waals surface area (Å²) in [5.41, 5.74) is -0.0504. The van der Waals surface area contributed by atoms with Crippen molar-refractivity contribution in [3.05, 3.63) is 41.4 Å². The highest BCUT2D eigenvalue weighted by atomic mass is 35.5. The van der Waals surface area contributed by atoms with E-state index in [1.807, 2.05) is 12.1 Å². The van der Waals surface area contributed by atoms with Crippen molar-refractivity contribution in [1.29, 1.82) is 0 Å². The highest BCUT2D eigenvalue weighted by Gasteiger charge is 2.32. The summed E-state index contributed by atoms with van der Waals surface area (Å²) in [5.74, 6) is 0.0417. The molecule has 5 heteroatoms. The van der Waals surface area contributed by atoms with Crippen molar-refractivity contribution in [2.45, 2.75) is 32.9 Å². The lowest BCUT2D eigenvalue weighted by molar-refractivity contribution is -0.158. The Bertz CT molecular complexity index is 500. The van der Waals surface area contributed by atoms with Crippen molar-refractivity contribution in [1.82, 2.24) is 5.32 Å². The van der Waals surface area contributed by atoms with Crippen molar-refractivity contribution in [2.24, 2.45) is 0 Å². The van der Waals surface area contributed by atoms with Crippen LogP contribution in [0, 0.1) is 0 Å². The number of benzene rings is 1. The zero-order valence-electron chi connectivity index (χ0n) is 12.7. The summed E-state index contributed by atoms with van der Waals surface area (Å²) in [4.78, 5) is 11.8. The van der Waals surface area contributed by atoms with E-state index < -0.39 is 11.6 Å². The van der Waals surface area contributed by atoms with E-state index in [9.17, 15) is 4.79 Å². The Morgan fingerprint density at radius 3 is 2.76 bits per heavy atom. The molecule has 0 bridgehead atoms. The summed E-state index contributed by atoms with van der Waals surface area (Å²) in [6.45, 7) is 10.4. The summed E-state index contributed by atoms with van der Waals surface area (Å²) >= 11 is 6.20. The summed E-state index contributed by atoms with van der Waals surface area (Å²) < 4.78 is 10.7. The van der Waals surface area contributed by atoms with Gasteiger partial charge < -0.3 is 14.8 Å². The van der Waals surface area contributed by atoms with Crippen molar-refractivity contribution in [2.75, 3.05) is 13.2 Å². The predicted octanol–water partition coefficient (Wildman–Crippen LogP) is 3.34. The Morgan fingerprint density at radius 2 is 2.19 bits per heavy atom. The second-order valence-corrected chi connectivity index (χ2v) is 5.42. The molecule has 1 N–H and O–H groups in total. The Kier molecular flexibility index (Phi) is 6.72. The van der Waals surface area contributed by atoms with Crippen LogP contribution in [0.25, 0.3) is 0 Å². The predicted molar refractivity (Wildman–Crippen MR) is 84.7 cm³/mol. The first-order valence-electron chi connectivity index (χ1n) is 6.87. The maximum atomic E-state index is 11.8. The van der Waals surface area contributed by atoms with Gasteiger partial charge in [0.05, 0.1) is 11.6 Å². The van der Waals surface area contributed by atoms with E-state index in [1.54, 1.807) is 32.9 Å². The Labute approximate surface area is 131 Å². The van der Waals surface area contributed by atoms with Crippen LogP contribution in [-0.4, -0.2) is 24.7 Å². The zero-order chi connectivity index (χ0) is 15.9. The molecule has 0 fully saturated rings. The summed E-state index contributed by atoms with van der Waals surface area (Å²) in [6, 6.07) is 5.47. The molecule has 0 heterocycles. The number of ether oxygens (including phenoxy) is 2. The molecule has 0 atom stereocenters. The molecule has 0 aliphatic carbocycles. The minimum Gasteiger partial charge on any atom is -0.475 e. The van der Waals surface area contributed by atoms with Gasteiger partial charge in [-0.1, -0.05) is 23.7 Å².